The third-order valence-electron chi connectivity index (χ3n) is 4.06. The Kier molecular flexibility index (Phi) is 3.69. The van der Waals surface area contributed by atoms with E-state index in [2.05, 4.69) is 15.3 Å². The van der Waals surface area contributed by atoms with Gasteiger partial charge in [0.15, 0.2) is 0 Å². The van der Waals surface area contributed by atoms with Crippen molar-refractivity contribution in [2.24, 2.45) is 5.92 Å². The van der Waals surface area contributed by atoms with Gasteiger partial charge in [-0.3, -0.25) is 4.79 Å². The van der Waals surface area contributed by atoms with Gasteiger partial charge in [0.25, 0.3) is 5.91 Å². The van der Waals surface area contributed by atoms with Crippen molar-refractivity contribution >= 4 is 16.9 Å². The molecule has 5 heteroatoms. The fourth-order valence-electron chi connectivity index (χ4n) is 2.88. The number of carbonyl (C=O) groups excluding carboxylic acids is 1. The van der Waals surface area contributed by atoms with Crippen LogP contribution in [0.4, 0.5) is 0 Å². The van der Waals surface area contributed by atoms with E-state index in [4.69, 9.17) is 0 Å². The molecule has 0 bridgehead atoms. The highest BCUT2D eigenvalue weighted by atomic mass is 16.2. The highest BCUT2D eigenvalue weighted by molar-refractivity contribution is 5.97. The van der Waals surface area contributed by atoms with Crippen molar-refractivity contribution in [2.75, 3.05) is 26.7 Å². The maximum absolute atomic E-state index is 12.5. The summed E-state index contributed by atoms with van der Waals surface area (Å²) in [5.74, 6) is 0.823. The third-order valence-corrected chi connectivity index (χ3v) is 4.06. The van der Waals surface area contributed by atoms with Crippen LogP contribution in [-0.4, -0.2) is 47.5 Å². The van der Waals surface area contributed by atoms with E-state index in [-0.39, 0.29) is 5.91 Å². The normalized spacial score (nSPS) is 16.8. The molecule has 1 saturated heterocycles. The molecule has 0 saturated carbocycles. The fraction of sp³-hybridized carbons (Fsp3) is 0.467. The van der Waals surface area contributed by atoms with Crippen molar-refractivity contribution < 1.29 is 4.79 Å². The first kappa shape index (κ1) is 13.1. The van der Waals surface area contributed by atoms with E-state index >= 15 is 0 Å². The Bertz CT molecular complexity index is 599. The SMILES string of the molecule is CNCC1CCN(C(=O)c2ccc3nc[nH]c3c2)CC1. The first-order chi connectivity index (χ1) is 9.78. The molecule has 1 aliphatic rings. The lowest BCUT2D eigenvalue weighted by Crippen LogP contribution is -2.40. The number of hydrogen-bond donors (Lipinski definition) is 2. The van der Waals surface area contributed by atoms with Crippen LogP contribution in [0.15, 0.2) is 24.5 Å². The lowest BCUT2D eigenvalue weighted by atomic mass is 9.96. The van der Waals surface area contributed by atoms with E-state index < -0.39 is 0 Å². The highest BCUT2D eigenvalue weighted by Gasteiger charge is 2.23. The number of rotatable bonds is 3. The Morgan fingerprint density at radius 3 is 3.00 bits per heavy atom. The molecule has 5 nitrogen and oxygen atoms in total. The van der Waals surface area contributed by atoms with E-state index in [1.807, 2.05) is 30.1 Å². The van der Waals surface area contributed by atoms with E-state index in [0.717, 1.165) is 49.1 Å². The van der Waals surface area contributed by atoms with Crippen LogP contribution in [0, 0.1) is 5.92 Å². The number of aromatic amines is 1. The van der Waals surface area contributed by atoms with Gasteiger partial charge >= 0.3 is 0 Å². The van der Waals surface area contributed by atoms with Crippen LogP contribution in [0.25, 0.3) is 11.0 Å². The number of piperidine rings is 1. The molecule has 1 amide bonds. The summed E-state index contributed by atoms with van der Waals surface area (Å²) < 4.78 is 0. The first-order valence-electron chi connectivity index (χ1n) is 7.15. The lowest BCUT2D eigenvalue weighted by molar-refractivity contribution is 0.0691. The molecular formula is C15H20N4O. The number of fused-ring (bicyclic) bond motifs is 1. The number of H-pyrrole nitrogens is 1. The van der Waals surface area contributed by atoms with Crippen molar-refractivity contribution in [3.63, 3.8) is 0 Å². The fourth-order valence-corrected chi connectivity index (χ4v) is 2.88. The average Bonchev–Trinajstić information content (AvgIpc) is 2.95. The van der Waals surface area contributed by atoms with Crippen molar-refractivity contribution in [2.45, 2.75) is 12.8 Å². The summed E-state index contributed by atoms with van der Waals surface area (Å²) >= 11 is 0. The molecule has 1 fully saturated rings. The summed E-state index contributed by atoms with van der Waals surface area (Å²) in [5.41, 5.74) is 2.56. The van der Waals surface area contributed by atoms with Gasteiger partial charge in [0, 0.05) is 18.7 Å². The van der Waals surface area contributed by atoms with E-state index in [1.165, 1.54) is 0 Å². The number of aromatic nitrogens is 2. The predicted molar refractivity (Wildman–Crippen MR) is 78.6 cm³/mol. The molecule has 0 unspecified atom stereocenters. The molecule has 0 spiro atoms. The van der Waals surface area contributed by atoms with Crippen molar-refractivity contribution in [1.82, 2.24) is 20.2 Å². The van der Waals surface area contributed by atoms with Gasteiger partial charge in [-0.15, -0.1) is 0 Å². The molecular weight excluding hydrogens is 252 g/mol. The molecule has 3 rings (SSSR count). The van der Waals surface area contributed by atoms with Crippen LogP contribution in [0.5, 0.6) is 0 Å². The zero-order valence-electron chi connectivity index (χ0n) is 11.7. The van der Waals surface area contributed by atoms with E-state index in [0.29, 0.717) is 5.92 Å². The topological polar surface area (TPSA) is 61.0 Å². The smallest absolute Gasteiger partial charge is 0.253 e. The van der Waals surface area contributed by atoms with E-state index in [9.17, 15) is 4.79 Å². The van der Waals surface area contributed by atoms with Crippen molar-refractivity contribution in [3.8, 4) is 0 Å². The van der Waals surface area contributed by atoms with Gasteiger partial charge in [0.05, 0.1) is 17.4 Å². The zero-order valence-corrected chi connectivity index (χ0v) is 11.7. The zero-order chi connectivity index (χ0) is 13.9. The Morgan fingerprint density at radius 1 is 1.45 bits per heavy atom. The number of nitrogens with zero attached hydrogens (tertiary/aromatic N) is 2. The molecule has 1 aromatic heterocycles. The summed E-state index contributed by atoms with van der Waals surface area (Å²) in [4.78, 5) is 21.7. The van der Waals surface area contributed by atoms with Crippen LogP contribution in [0.1, 0.15) is 23.2 Å². The largest absolute Gasteiger partial charge is 0.345 e. The van der Waals surface area contributed by atoms with Crippen LogP contribution in [0.3, 0.4) is 0 Å². The molecule has 2 N–H and O–H groups in total. The van der Waals surface area contributed by atoms with Crippen LogP contribution in [0.2, 0.25) is 0 Å². The van der Waals surface area contributed by atoms with Gasteiger partial charge in [-0.1, -0.05) is 0 Å². The number of likely N-dealkylation sites (tertiary alicyclic amines) is 1. The molecule has 106 valence electrons. The second-order valence-electron chi connectivity index (χ2n) is 5.43. The second-order valence-corrected chi connectivity index (χ2v) is 5.43. The molecule has 1 aromatic carbocycles. The number of amides is 1. The third kappa shape index (κ3) is 2.54. The number of carbonyl (C=O) groups is 1. The number of nitrogens with one attached hydrogen (secondary N) is 2. The number of benzene rings is 1. The van der Waals surface area contributed by atoms with Crippen LogP contribution < -0.4 is 5.32 Å². The molecule has 0 atom stereocenters. The van der Waals surface area contributed by atoms with Gasteiger partial charge in [-0.2, -0.15) is 0 Å². The molecule has 0 aliphatic carbocycles. The summed E-state index contributed by atoms with van der Waals surface area (Å²) in [7, 11) is 1.98. The maximum atomic E-state index is 12.5. The van der Waals surface area contributed by atoms with E-state index in [1.54, 1.807) is 6.33 Å². The monoisotopic (exact) mass is 272 g/mol. The van der Waals surface area contributed by atoms with Crippen molar-refractivity contribution in [3.05, 3.63) is 30.1 Å². The summed E-state index contributed by atoms with van der Waals surface area (Å²) in [6.07, 6.45) is 3.82. The van der Waals surface area contributed by atoms with Gasteiger partial charge in [0.2, 0.25) is 0 Å². The number of imidazole rings is 1. The summed E-state index contributed by atoms with van der Waals surface area (Å²) in [6.45, 7) is 2.75. The van der Waals surface area contributed by atoms with Crippen LogP contribution in [-0.2, 0) is 0 Å². The van der Waals surface area contributed by atoms with Gasteiger partial charge in [0.1, 0.15) is 0 Å². The second kappa shape index (κ2) is 5.63. The Labute approximate surface area is 118 Å². The summed E-state index contributed by atoms with van der Waals surface area (Å²) in [6, 6.07) is 5.66. The molecule has 20 heavy (non-hydrogen) atoms. The minimum absolute atomic E-state index is 0.129. The molecule has 2 heterocycles. The molecule has 0 radical (unpaired) electrons. The maximum Gasteiger partial charge on any atom is 0.253 e. The predicted octanol–water partition coefficient (Wildman–Crippen LogP) is 1.63. The quantitative estimate of drug-likeness (QED) is 0.893. The van der Waals surface area contributed by atoms with Crippen molar-refractivity contribution in [1.29, 1.82) is 0 Å². The Morgan fingerprint density at radius 2 is 2.25 bits per heavy atom. The Hall–Kier alpha value is -1.88. The van der Waals surface area contributed by atoms with Gasteiger partial charge in [-0.05, 0) is 50.6 Å². The first-order valence-corrected chi connectivity index (χ1v) is 7.15. The molecule has 1 aliphatic heterocycles. The molecule has 2 aromatic rings. The summed E-state index contributed by atoms with van der Waals surface area (Å²) in [5, 5.41) is 3.22. The van der Waals surface area contributed by atoms with Gasteiger partial charge < -0.3 is 15.2 Å². The standard InChI is InChI=1S/C15H20N4O/c1-16-9-11-4-6-19(7-5-11)15(20)12-2-3-13-14(8-12)18-10-17-13/h2-3,8,10-11,16H,4-7,9H2,1H3,(H,17,18). The lowest BCUT2D eigenvalue weighted by Gasteiger charge is -2.32. The van der Waals surface area contributed by atoms with Crippen LogP contribution >= 0.6 is 0 Å². The number of hydrogen-bond acceptors (Lipinski definition) is 3. The van der Waals surface area contributed by atoms with Gasteiger partial charge in [-0.25, -0.2) is 4.98 Å². The minimum Gasteiger partial charge on any atom is -0.345 e. The minimum atomic E-state index is 0.129. The highest BCUT2D eigenvalue weighted by Crippen LogP contribution is 2.19. The Balaban J connectivity index is 1.69. The average molecular weight is 272 g/mol.